The van der Waals surface area contributed by atoms with Gasteiger partial charge in [-0.25, -0.2) is 4.79 Å². The molecule has 2 heterocycles. The van der Waals surface area contributed by atoms with Crippen molar-refractivity contribution in [2.24, 2.45) is 7.05 Å². The molecule has 0 aliphatic carbocycles. The van der Waals surface area contributed by atoms with Crippen molar-refractivity contribution in [2.75, 3.05) is 50.1 Å². The summed E-state index contributed by atoms with van der Waals surface area (Å²) in [6, 6.07) is 13.4. The molecular weight excluding hydrogens is 434 g/mol. The van der Waals surface area contributed by atoms with Crippen LogP contribution in [0.15, 0.2) is 42.5 Å². The highest BCUT2D eigenvalue weighted by Gasteiger charge is 2.22. The number of benzene rings is 2. The molecule has 4 rings (SSSR count). The van der Waals surface area contributed by atoms with Crippen LogP contribution in [-0.4, -0.2) is 68.2 Å². The van der Waals surface area contributed by atoms with Crippen LogP contribution in [0, 0.1) is 0 Å². The Hall–Kier alpha value is -2.88. The number of carbonyl (C=O) groups excluding carboxylic acids is 1. The molecule has 0 spiro atoms. The van der Waals surface area contributed by atoms with Crippen LogP contribution >= 0.6 is 0 Å². The summed E-state index contributed by atoms with van der Waals surface area (Å²) in [5.74, 6) is 1.49. The molecule has 0 atom stereocenters. The van der Waals surface area contributed by atoms with Gasteiger partial charge in [0, 0.05) is 42.8 Å². The van der Waals surface area contributed by atoms with E-state index in [1.54, 1.807) is 4.68 Å². The second kappa shape index (κ2) is 9.94. The first kappa shape index (κ1) is 23.3. The minimum Gasteiger partial charge on any atom is -0.492 e. The molecule has 0 radical (unpaired) electrons. The fraction of sp³-hybridized carbons (Fsp3) is 0.417. The summed E-state index contributed by atoms with van der Waals surface area (Å²) in [5.41, 5.74) is 0.733. The van der Waals surface area contributed by atoms with Gasteiger partial charge in [0.15, 0.2) is 0 Å². The predicted octanol–water partition coefficient (Wildman–Crippen LogP) is 3.47. The third kappa shape index (κ3) is 5.73. The van der Waals surface area contributed by atoms with Crippen molar-refractivity contribution in [1.82, 2.24) is 14.7 Å². The second-order valence-corrected chi connectivity index (χ2v) is 14.3. The van der Waals surface area contributed by atoms with Crippen LogP contribution in [0.5, 0.6) is 5.75 Å². The third-order valence-electron chi connectivity index (χ3n) is 5.79. The van der Waals surface area contributed by atoms with Crippen LogP contribution < -0.4 is 20.7 Å². The van der Waals surface area contributed by atoms with Gasteiger partial charge in [0.2, 0.25) is 0 Å². The number of aryl methyl sites for hydroxylation is 1. The quantitative estimate of drug-likeness (QED) is 0.520. The summed E-state index contributed by atoms with van der Waals surface area (Å²) < 4.78 is 13.2. The maximum absolute atomic E-state index is 12.8. The molecule has 9 heteroatoms. The largest absolute Gasteiger partial charge is 0.492 e. The van der Waals surface area contributed by atoms with Crippen LogP contribution in [0.25, 0.3) is 10.8 Å². The zero-order valence-electron chi connectivity index (χ0n) is 19.9. The van der Waals surface area contributed by atoms with Crippen LogP contribution in [-0.2, 0) is 11.8 Å². The van der Waals surface area contributed by atoms with E-state index in [4.69, 9.17) is 9.47 Å². The molecule has 33 heavy (non-hydrogen) atoms. The normalized spacial score (nSPS) is 14.9. The Morgan fingerprint density at radius 3 is 2.52 bits per heavy atom. The predicted molar refractivity (Wildman–Crippen MR) is 136 cm³/mol. The summed E-state index contributed by atoms with van der Waals surface area (Å²) in [6.07, 6.45) is 0. The van der Waals surface area contributed by atoms with Crippen molar-refractivity contribution in [2.45, 2.75) is 19.6 Å². The van der Waals surface area contributed by atoms with E-state index in [2.05, 4.69) is 40.3 Å². The van der Waals surface area contributed by atoms with Crippen molar-refractivity contribution in [3.05, 3.63) is 42.5 Å². The monoisotopic (exact) mass is 467 g/mol. The van der Waals surface area contributed by atoms with E-state index in [9.17, 15) is 4.79 Å². The molecular formula is C24H33N5O3Si. The van der Waals surface area contributed by atoms with Gasteiger partial charge in [0.05, 0.1) is 18.9 Å². The van der Waals surface area contributed by atoms with Gasteiger partial charge >= 0.3 is 6.03 Å². The molecule has 0 bridgehead atoms. The number of hydrogen-bond donors (Lipinski definition) is 2. The number of morpholine rings is 1. The lowest BCUT2D eigenvalue weighted by Crippen LogP contribution is -2.39. The Balaban J connectivity index is 1.44. The molecule has 1 fully saturated rings. The number of amides is 2. The van der Waals surface area contributed by atoms with Gasteiger partial charge in [0.25, 0.3) is 0 Å². The van der Waals surface area contributed by atoms with Crippen molar-refractivity contribution in [1.29, 1.82) is 0 Å². The van der Waals surface area contributed by atoms with Crippen molar-refractivity contribution in [3.63, 3.8) is 0 Å². The minimum atomic E-state index is -1.56. The second-order valence-electron chi connectivity index (χ2n) is 9.33. The first-order valence-electron chi connectivity index (χ1n) is 11.4. The van der Waals surface area contributed by atoms with Gasteiger partial charge in [0.1, 0.15) is 26.2 Å². The summed E-state index contributed by atoms with van der Waals surface area (Å²) in [5, 5.41) is 13.5. The molecule has 1 aliphatic rings. The highest BCUT2D eigenvalue weighted by atomic mass is 28.3. The van der Waals surface area contributed by atoms with Crippen molar-refractivity contribution < 1.29 is 14.3 Å². The number of rotatable bonds is 7. The topological polar surface area (TPSA) is 80.7 Å². The Morgan fingerprint density at radius 1 is 1.09 bits per heavy atom. The summed E-state index contributed by atoms with van der Waals surface area (Å²) in [4.78, 5) is 15.1. The SMILES string of the molecule is Cn1nc([Si](C)(C)C)cc1NC(=O)Nc1ccc(OCCN2CCOCC2)c2ccccc12. The fourth-order valence-electron chi connectivity index (χ4n) is 3.84. The lowest BCUT2D eigenvalue weighted by Gasteiger charge is -2.26. The third-order valence-corrected chi connectivity index (χ3v) is 7.57. The summed E-state index contributed by atoms with van der Waals surface area (Å²) in [7, 11) is 0.284. The Labute approximate surface area is 195 Å². The Morgan fingerprint density at radius 2 is 1.82 bits per heavy atom. The van der Waals surface area contributed by atoms with Gasteiger partial charge in [-0.1, -0.05) is 43.9 Å². The number of ether oxygens (including phenoxy) is 2. The standard InChI is InChI=1S/C24H33N5O3Si/c1-28-22(17-23(27-28)33(2,3)4)26-24(30)25-20-9-10-21(19-8-6-5-7-18(19)20)32-16-13-29-11-14-31-15-12-29/h5-10,17H,11-16H2,1-4H3,(H2,25,26,30). The maximum Gasteiger partial charge on any atom is 0.324 e. The number of carbonyl (C=O) groups is 1. The average molecular weight is 468 g/mol. The van der Waals surface area contributed by atoms with Crippen LogP contribution in [0.2, 0.25) is 19.6 Å². The van der Waals surface area contributed by atoms with E-state index in [-0.39, 0.29) is 6.03 Å². The number of aromatic nitrogens is 2. The van der Waals surface area contributed by atoms with Gasteiger partial charge in [-0.05, 0) is 18.2 Å². The smallest absolute Gasteiger partial charge is 0.324 e. The molecule has 2 aromatic carbocycles. The molecule has 8 nitrogen and oxygen atoms in total. The van der Waals surface area contributed by atoms with Gasteiger partial charge in [-0.2, -0.15) is 5.10 Å². The summed E-state index contributed by atoms with van der Waals surface area (Å²) in [6.45, 7) is 11.6. The highest BCUT2D eigenvalue weighted by molar-refractivity contribution is 6.88. The van der Waals surface area contributed by atoms with Crippen molar-refractivity contribution in [3.8, 4) is 5.75 Å². The number of hydrogen-bond acceptors (Lipinski definition) is 5. The van der Waals surface area contributed by atoms with Gasteiger partial charge in [-0.3, -0.25) is 14.9 Å². The number of nitrogens with zero attached hydrogens (tertiary/aromatic N) is 3. The average Bonchev–Trinajstić information content (AvgIpc) is 3.16. The van der Waals surface area contributed by atoms with E-state index in [0.717, 1.165) is 60.4 Å². The van der Waals surface area contributed by atoms with E-state index < -0.39 is 8.07 Å². The molecule has 2 N–H and O–H groups in total. The minimum absolute atomic E-state index is 0.300. The zero-order valence-corrected chi connectivity index (χ0v) is 20.9. The molecule has 176 valence electrons. The first-order chi connectivity index (χ1) is 15.8. The molecule has 3 aromatic rings. The van der Waals surface area contributed by atoms with E-state index in [0.29, 0.717) is 12.4 Å². The van der Waals surface area contributed by atoms with E-state index in [1.165, 1.54) is 0 Å². The molecule has 2 amide bonds. The lowest BCUT2D eigenvalue weighted by molar-refractivity contribution is 0.0323. The lowest BCUT2D eigenvalue weighted by atomic mass is 10.1. The molecule has 1 aromatic heterocycles. The number of nitrogens with one attached hydrogen (secondary N) is 2. The first-order valence-corrected chi connectivity index (χ1v) is 14.9. The number of anilines is 2. The maximum atomic E-state index is 12.8. The van der Waals surface area contributed by atoms with Crippen LogP contribution in [0.1, 0.15) is 0 Å². The number of fused-ring (bicyclic) bond motifs is 1. The van der Waals surface area contributed by atoms with Crippen molar-refractivity contribution >= 4 is 41.7 Å². The molecule has 1 saturated heterocycles. The van der Waals surface area contributed by atoms with Crippen LogP contribution in [0.3, 0.4) is 0 Å². The highest BCUT2D eigenvalue weighted by Crippen LogP contribution is 2.31. The summed E-state index contributed by atoms with van der Waals surface area (Å²) >= 11 is 0. The fourth-order valence-corrected chi connectivity index (χ4v) is 4.86. The van der Waals surface area contributed by atoms with Gasteiger partial charge < -0.3 is 14.8 Å². The zero-order chi connectivity index (χ0) is 23.4. The Kier molecular flexibility index (Phi) is 7.01. The molecule has 0 saturated carbocycles. The van der Waals surface area contributed by atoms with Gasteiger partial charge in [-0.15, -0.1) is 0 Å². The van der Waals surface area contributed by atoms with E-state index in [1.807, 2.05) is 49.5 Å². The van der Waals surface area contributed by atoms with Crippen LogP contribution in [0.4, 0.5) is 16.3 Å². The molecule has 1 aliphatic heterocycles. The molecule has 0 unspecified atom stereocenters. The number of urea groups is 1. The Bertz CT molecular complexity index is 1120. The van der Waals surface area contributed by atoms with E-state index >= 15 is 0 Å².